The highest BCUT2D eigenvalue weighted by Crippen LogP contribution is 2.30. The molecule has 0 aromatic carbocycles. The third-order valence-corrected chi connectivity index (χ3v) is 3.36. The third kappa shape index (κ3) is 2.47. The van der Waals surface area contributed by atoms with Crippen molar-refractivity contribution >= 4 is 5.78 Å². The number of nitrogens with one attached hydrogen (secondary N) is 1. The number of carbonyl (C=O) groups excluding carboxylic acids is 1. The first-order valence-electron chi connectivity index (χ1n) is 5.90. The molecule has 0 amide bonds. The average molecular weight is 234 g/mol. The molecule has 1 unspecified atom stereocenters. The number of ether oxygens (including phenoxy) is 1. The Labute approximate surface area is 101 Å². The van der Waals surface area contributed by atoms with Gasteiger partial charge >= 0.3 is 0 Å². The number of Topliss-reactive ketones (excluding diaryl/α,β-unsaturated/α-hetero) is 1. The fourth-order valence-electron chi connectivity index (χ4n) is 2.25. The highest BCUT2D eigenvalue weighted by molar-refractivity contribution is 6.00. The summed E-state index contributed by atoms with van der Waals surface area (Å²) < 4.78 is 5.09. The zero-order valence-corrected chi connectivity index (χ0v) is 10.3. The van der Waals surface area contributed by atoms with E-state index in [9.17, 15) is 4.79 Å². The van der Waals surface area contributed by atoms with Crippen LogP contribution in [0.1, 0.15) is 30.1 Å². The maximum Gasteiger partial charge on any atom is 0.171 e. The Kier molecular flexibility index (Phi) is 3.43. The van der Waals surface area contributed by atoms with Gasteiger partial charge in [0.05, 0.1) is 13.3 Å². The van der Waals surface area contributed by atoms with Gasteiger partial charge in [-0.3, -0.25) is 9.78 Å². The summed E-state index contributed by atoms with van der Waals surface area (Å²) in [6.45, 7) is 3.75. The van der Waals surface area contributed by atoms with Crippen LogP contribution < -0.4 is 10.1 Å². The first-order valence-corrected chi connectivity index (χ1v) is 5.90. The Morgan fingerprint density at radius 2 is 2.35 bits per heavy atom. The predicted octanol–water partition coefficient (Wildman–Crippen LogP) is 1.66. The van der Waals surface area contributed by atoms with Gasteiger partial charge < -0.3 is 10.1 Å². The lowest BCUT2D eigenvalue weighted by molar-refractivity contribution is 0.0772. The van der Waals surface area contributed by atoms with Crippen LogP contribution >= 0.6 is 0 Å². The van der Waals surface area contributed by atoms with Crippen molar-refractivity contribution in [2.24, 2.45) is 5.41 Å². The van der Waals surface area contributed by atoms with Crippen LogP contribution in [0.25, 0.3) is 0 Å². The number of piperidine rings is 1. The van der Waals surface area contributed by atoms with Gasteiger partial charge in [0.1, 0.15) is 5.75 Å². The van der Waals surface area contributed by atoms with Gasteiger partial charge in [-0.2, -0.15) is 0 Å². The molecule has 4 nitrogen and oxygen atoms in total. The molecule has 2 rings (SSSR count). The van der Waals surface area contributed by atoms with Gasteiger partial charge in [0.2, 0.25) is 0 Å². The molecular weight excluding hydrogens is 216 g/mol. The molecule has 1 aliphatic rings. The van der Waals surface area contributed by atoms with Crippen LogP contribution in [0.4, 0.5) is 0 Å². The minimum Gasteiger partial charge on any atom is -0.495 e. The maximum atomic E-state index is 12.5. The number of carbonyl (C=O) groups is 1. The van der Waals surface area contributed by atoms with E-state index in [0.29, 0.717) is 11.3 Å². The van der Waals surface area contributed by atoms with Crippen molar-refractivity contribution in [2.45, 2.75) is 19.8 Å². The summed E-state index contributed by atoms with van der Waals surface area (Å²) in [5.74, 6) is 0.777. The van der Waals surface area contributed by atoms with Crippen LogP contribution in [0.2, 0.25) is 0 Å². The molecule has 0 aliphatic carbocycles. The monoisotopic (exact) mass is 234 g/mol. The second-order valence-corrected chi connectivity index (χ2v) is 4.78. The molecule has 0 saturated carbocycles. The van der Waals surface area contributed by atoms with Crippen molar-refractivity contribution in [3.8, 4) is 5.75 Å². The van der Waals surface area contributed by atoms with Crippen LogP contribution in [0.5, 0.6) is 5.75 Å². The summed E-state index contributed by atoms with van der Waals surface area (Å²) in [5, 5.41) is 3.28. The summed E-state index contributed by atoms with van der Waals surface area (Å²) in [5.41, 5.74) is 0.322. The van der Waals surface area contributed by atoms with E-state index in [4.69, 9.17) is 4.74 Å². The van der Waals surface area contributed by atoms with Gasteiger partial charge in [-0.1, -0.05) is 6.92 Å². The fraction of sp³-hybridized carbons (Fsp3) is 0.538. The number of hydrogen-bond donors (Lipinski definition) is 1. The van der Waals surface area contributed by atoms with Gasteiger partial charge in [0.25, 0.3) is 0 Å². The zero-order valence-electron chi connectivity index (χ0n) is 10.3. The molecule has 0 radical (unpaired) electrons. The van der Waals surface area contributed by atoms with Crippen LogP contribution in [-0.4, -0.2) is 31.0 Å². The summed E-state index contributed by atoms with van der Waals surface area (Å²) in [7, 11) is 1.58. The Morgan fingerprint density at radius 1 is 1.53 bits per heavy atom. The van der Waals surface area contributed by atoms with Crippen LogP contribution in [0.15, 0.2) is 18.5 Å². The second-order valence-electron chi connectivity index (χ2n) is 4.78. The third-order valence-electron chi connectivity index (χ3n) is 3.36. The van der Waals surface area contributed by atoms with Crippen molar-refractivity contribution in [2.75, 3.05) is 20.2 Å². The summed E-state index contributed by atoms with van der Waals surface area (Å²) in [4.78, 5) is 16.5. The molecule has 1 N–H and O–H groups in total. The number of rotatable bonds is 3. The second kappa shape index (κ2) is 4.84. The topological polar surface area (TPSA) is 51.2 Å². The number of hydrogen-bond acceptors (Lipinski definition) is 4. The molecule has 4 heteroatoms. The van der Waals surface area contributed by atoms with E-state index in [1.165, 1.54) is 0 Å². The minimum absolute atomic E-state index is 0.149. The number of aromatic nitrogens is 1. The predicted molar refractivity (Wildman–Crippen MR) is 65.3 cm³/mol. The molecule has 2 heterocycles. The molecule has 1 fully saturated rings. The van der Waals surface area contributed by atoms with Crippen LogP contribution in [0, 0.1) is 5.41 Å². The molecule has 0 spiro atoms. The van der Waals surface area contributed by atoms with Gasteiger partial charge in [0.15, 0.2) is 5.78 Å². The van der Waals surface area contributed by atoms with Crippen molar-refractivity contribution in [1.82, 2.24) is 10.3 Å². The first kappa shape index (κ1) is 12.0. The van der Waals surface area contributed by atoms with Gasteiger partial charge in [0, 0.05) is 23.7 Å². The Balaban J connectivity index is 2.23. The number of ketones is 1. The average Bonchev–Trinajstić information content (AvgIpc) is 2.39. The molecule has 1 aliphatic heterocycles. The lowest BCUT2D eigenvalue weighted by Crippen LogP contribution is -2.43. The highest BCUT2D eigenvalue weighted by Gasteiger charge is 2.35. The fourth-order valence-corrected chi connectivity index (χ4v) is 2.25. The van der Waals surface area contributed by atoms with Crippen molar-refractivity contribution < 1.29 is 9.53 Å². The Bertz CT molecular complexity index is 412. The van der Waals surface area contributed by atoms with Crippen molar-refractivity contribution in [3.63, 3.8) is 0 Å². The lowest BCUT2D eigenvalue weighted by atomic mass is 9.77. The zero-order chi connectivity index (χ0) is 12.3. The number of nitrogens with zero attached hydrogens (tertiary/aromatic N) is 1. The van der Waals surface area contributed by atoms with Crippen molar-refractivity contribution in [3.05, 3.63) is 24.0 Å². The summed E-state index contributed by atoms with van der Waals surface area (Å²) in [6.07, 6.45) is 5.19. The molecule has 17 heavy (non-hydrogen) atoms. The van der Waals surface area contributed by atoms with E-state index in [-0.39, 0.29) is 11.2 Å². The summed E-state index contributed by atoms with van der Waals surface area (Å²) >= 11 is 0. The van der Waals surface area contributed by atoms with E-state index in [0.717, 1.165) is 25.9 Å². The Morgan fingerprint density at radius 3 is 3.00 bits per heavy atom. The molecule has 1 aromatic heterocycles. The Hall–Kier alpha value is -1.42. The van der Waals surface area contributed by atoms with Crippen LogP contribution in [-0.2, 0) is 0 Å². The minimum atomic E-state index is -0.313. The number of methoxy groups -OCH3 is 1. The van der Waals surface area contributed by atoms with E-state index in [1.807, 2.05) is 6.92 Å². The van der Waals surface area contributed by atoms with Crippen LogP contribution in [0.3, 0.4) is 0 Å². The van der Waals surface area contributed by atoms with Gasteiger partial charge in [-0.15, -0.1) is 0 Å². The highest BCUT2D eigenvalue weighted by atomic mass is 16.5. The van der Waals surface area contributed by atoms with Crippen molar-refractivity contribution in [1.29, 1.82) is 0 Å². The standard InChI is InChI=1S/C13H18N2O2/c1-13(4-3-5-14-9-13)12(16)10-6-11(17-2)8-15-7-10/h6-8,14H,3-5,9H2,1-2H3. The molecular formula is C13H18N2O2. The molecule has 0 bridgehead atoms. The number of pyridine rings is 1. The van der Waals surface area contributed by atoms with E-state index >= 15 is 0 Å². The normalized spacial score (nSPS) is 24.4. The maximum absolute atomic E-state index is 12.5. The smallest absolute Gasteiger partial charge is 0.171 e. The van der Waals surface area contributed by atoms with E-state index < -0.39 is 0 Å². The molecule has 92 valence electrons. The van der Waals surface area contributed by atoms with E-state index in [1.54, 1.807) is 25.6 Å². The lowest BCUT2D eigenvalue weighted by Gasteiger charge is -2.32. The van der Waals surface area contributed by atoms with E-state index in [2.05, 4.69) is 10.3 Å². The largest absolute Gasteiger partial charge is 0.495 e. The SMILES string of the molecule is COc1cncc(C(=O)C2(C)CCCNC2)c1. The molecule has 1 saturated heterocycles. The van der Waals surface area contributed by atoms with Gasteiger partial charge in [-0.25, -0.2) is 0 Å². The molecule has 1 atom stereocenters. The first-order chi connectivity index (χ1) is 8.15. The quantitative estimate of drug-likeness (QED) is 0.808. The summed E-state index contributed by atoms with van der Waals surface area (Å²) in [6, 6.07) is 1.76. The van der Waals surface area contributed by atoms with Gasteiger partial charge in [-0.05, 0) is 25.5 Å². The molecule has 1 aromatic rings.